The number of fused-ring (bicyclic) bond motifs is 2. The third-order valence-corrected chi connectivity index (χ3v) is 4.55. The van der Waals surface area contributed by atoms with Gasteiger partial charge in [-0.15, -0.1) is 0 Å². The second-order valence-corrected chi connectivity index (χ2v) is 7.19. The quantitative estimate of drug-likeness (QED) is 0.645. The Morgan fingerprint density at radius 3 is 1.33 bits per heavy atom. The van der Waals surface area contributed by atoms with Crippen LogP contribution in [0.3, 0.4) is 0 Å². The van der Waals surface area contributed by atoms with E-state index in [1.54, 1.807) is 0 Å². The molecular weight excluding hydrogens is 316 g/mol. The van der Waals surface area contributed by atoms with E-state index in [0.29, 0.717) is 24.0 Å². The van der Waals surface area contributed by atoms with Crippen LogP contribution >= 0.6 is 0 Å². The summed E-state index contributed by atoms with van der Waals surface area (Å²) in [7, 11) is 0. The molecule has 0 saturated carbocycles. The number of carbonyl (C=O) groups excluding carboxylic acids is 1. The molecule has 7 nitrogen and oxygen atoms in total. The van der Waals surface area contributed by atoms with E-state index < -0.39 is 12.2 Å². The summed E-state index contributed by atoms with van der Waals surface area (Å²) in [6.07, 6.45) is -0.903. The summed E-state index contributed by atoms with van der Waals surface area (Å²) in [6.45, 7) is 9.80. The van der Waals surface area contributed by atoms with Crippen molar-refractivity contribution in [2.24, 2.45) is 11.8 Å². The highest BCUT2D eigenvalue weighted by Gasteiger charge is 2.46. The van der Waals surface area contributed by atoms with Gasteiger partial charge in [-0.1, -0.05) is 13.8 Å². The molecule has 4 heterocycles. The number of Topliss-reactive ketones (excluding diaryl/α,β-unsaturated/α-hetero) is 1. The molecule has 4 aliphatic heterocycles. The van der Waals surface area contributed by atoms with Gasteiger partial charge in [0.25, 0.3) is 0 Å². The third kappa shape index (κ3) is 4.74. The summed E-state index contributed by atoms with van der Waals surface area (Å²) in [5.74, 6) is 1.38. The van der Waals surface area contributed by atoms with Crippen LogP contribution in [-0.2, 0) is 23.7 Å². The van der Waals surface area contributed by atoms with E-state index >= 15 is 0 Å². The highest BCUT2D eigenvalue weighted by molar-refractivity contribution is 5.72. The first kappa shape index (κ1) is 19.8. The van der Waals surface area contributed by atoms with Gasteiger partial charge >= 0.3 is 0 Å². The molecule has 2 N–H and O–H groups in total. The molecule has 24 heavy (non-hydrogen) atoms. The Labute approximate surface area is 143 Å². The van der Waals surface area contributed by atoms with Gasteiger partial charge in [0.2, 0.25) is 0 Å². The third-order valence-electron chi connectivity index (χ3n) is 4.55. The smallest absolute Gasteiger partial charge is 0.126 e. The van der Waals surface area contributed by atoms with E-state index in [1.165, 1.54) is 13.8 Å². The molecule has 0 unspecified atom stereocenters. The second kappa shape index (κ2) is 8.69. The molecule has 4 fully saturated rings. The monoisotopic (exact) mass is 346 g/mol. The van der Waals surface area contributed by atoms with Crippen molar-refractivity contribution in [2.75, 3.05) is 26.4 Å². The summed E-state index contributed by atoms with van der Waals surface area (Å²) in [5, 5.41) is 18.3. The zero-order valence-corrected chi connectivity index (χ0v) is 14.9. The lowest BCUT2D eigenvalue weighted by Crippen LogP contribution is -2.30. The lowest BCUT2D eigenvalue weighted by Gasteiger charge is -2.10. The molecule has 4 saturated heterocycles. The Morgan fingerprint density at radius 2 is 1.00 bits per heavy atom. The highest BCUT2D eigenvalue weighted by atomic mass is 16.6. The number of aliphatic hydroxyl groups excluding tert-OH is 2. The maximum atomic E-state index is 9.44. The fourth-order valence-corrected chi connectivity index (χ4v) is 3.34. The van der Waals surface area contributed by atoms with Gasteiger partial charge in [-0.3, -0.25) is 0 Å². The zero-order valence-electron chi connectivity index (χ0n) is 14.9. The summed E-state index contributed by atoms with van der Waals surface area (Å²) in [4.78, 5) is 9.44. The molecule has 7 heteroatoms. The predicted molar refractivity (Wildman–Crippen MR) is 85.7 cm³/mol. The summed E-state index contributed by atoms with van der Waals surface area (Å²) in [6, 6.07) is 0. The highest BCUT2D eigenvalue weighted by Crippen LogP contribution is 2.33. The maximum absolute atomic E-state index is 9.44. The normalized spacial score (nSPS) is 45.6. The van der Waals surface area contributed by atoms with Crippen LogP contribution in [0.2, 0.25) is 0 Å². The number of ether oxygens (including phenoxy) is 4. The lowest BCUT2D eigenvalue weighted by atomic mass is 9.99. The van der Waals surface area contributed by atoms with Crippen molar-refractivity contribution in [1.29, 1.82) is 0 Å². The van der Waals surface area contributed by atoms with Crippen molar-refractivity contribution in [1.82, 2.24) is 0 Å². The van der Waals surface area contributed by atoms with Gasteiger partial charge < -0.3 is 34.0 Å². The lowest BCUT2D eigenvalue weighted by molar-refractivity contribution is -0.114. The van der Waals surface area contributed by atoms with Gasteiger partial charge in [0.1, 0.15) is 30.2 Å². The Bertz CT molecular complexity index is 348. The van der Waals surface area contributed by atoms with Gasteiger partial charge in [0.15, 0.2) is 0 Å². The summed E-state index contributed by atoms with van der Waals surface area (Å²) in [5.41, 5.74) is 0. The Kier molecular flexibility index (Phi) is 7.15. The molecule has 4 rings (SSSR count). The van der Waals surface area contributed by atoms with Crippen LogP contribution in [0.1, 0.15) is 27.7 Å². The number of rotatable bonds is 0. The molecule has 0 radical (unpaired) electrons. The Balaban J connectivity index is 0.000000143. The molecular formula is C17H30O7. The van der Waals surface area contributed by atoms with E-state index in [1.807, 2.05) is 0 Å². The first-order valence-electron chi connectivity index (χ1n) is 8.61. The fraction of sp³-hybridized carbons (Fsp3) is 0.941. The average Bonchev–Trinajstić information content (AvgIpc) is 3.22. The van der Waals surface area contributed by atoms with Crippen molar-refractivity contribution in [3.63, 3.8) is 0 Å². The first-order chi connectivity index (χ1) is 11.3. The van der Waals surface area contributed by atoms with Crippen molar-refractivity contribution in [3.05, 3.63) is 0 Å². The first-order valence-corrected chi connectivity index (χ1v) is 8.61. The van der Waals surface area contributed by atoms with Crippen molar-refractivity contribution < 1.29 is 34.0 Å². The van der Waals surface area contributed by atoms with E-state index in [-0.39, 0.29) is 31.2 Å². The number of ketones is 1. The van der Waals surface area contributed by atoms with Gasteiger partial charge in [-0.05, 0) is 13.8 Å². The molecule has 140 valence electrons. The molecule has 0 aromatic carbocycles. The van der Waals surface area contributed by atoms with Crippen LogP contribution in [0.4, 0.5) is 0 Å². The number of hydrogen-bond acceptors (Lipinski definition) is 7. The fourth-order valence-electron chi connectivity index (χ4n) is 3.34. The van der Waals surface area contributed by atoms with Crippen LogP contribution in [0.5, 0.6) is 0 Å². The molecule has 8 atom stereocenters. The molecule has 0 aromatic heterocycles. The van der Waals surface area contributed by atoms with E-state index in [9.17, 15) is 4.79 Å². The van der Waals surface area contributed by atoms with Crippen LogP contribution in [0.25, 0.3) is 0 Å². The second-order valence-electron chi connectivity index (χ2n) is 7.19. The molecule has 4 aliphatic rings. The molecule has 0 bridgehead atoms. The Morgan fingerprint density at radius 1 is 0.708 bits per heavy atom. The van der Waals surface area contributed by atoms with Gasteiger partial charge in [0, 0.05) is 11.8 Å². The minimum absolute atomic E-state index is 0.167. The van der Waals surface area contributed by atoms with Crippen molar-refractivity contribution in [3.8, 4) is 0 Å². The minimum Gasteiger partial charge on any atom is -0.388 e. The standard InChI is InChI=1S/C8H14O2.C6H10O4.C3H6O/c1-5-3-9-8-6(2)4-10-7(5)8;7-3-1-9-6-4(8)2-10-5(3)6;1-3(2)4/h5-8H,3-4H2,1-2H3;3-8H,1-2H2;1-2H3/t5-,6+,7-,8-;3-,4+,5-,6-;/m11./s1. The molecule has 0 spiro atoms. The zero-order chi connectivity index (χ0) is 17.9. The number of aliphatic hydroxyl groups is 2. The molecule has 0 aliphatic carbocycles. The molecule has 0 aromatic rings. The van der Waals surface area contributed by atoms with Gasteiger partial charge in [-0.2, -0.15) is 0 Å². The minimum atomic E-state index is -0.554. The van der Waals surface area contributed by atoms with Gasteiger partial charge in [0.05, 0.1) is 38.6 Å². The largest absolute Gasteiger partial charge is 0.388 e. The number of carbonyl (C=O) groups is 1. The summed E-state index contributed by atoms with van der Waals surface area (Å²) < 4.78 is 21.3. The van der Waals surface area contributed by atoms with Crippen LogP contribution in [0, 0.1) is 11.8 Å². The van der Waals surface area contributed by atoms with E-state index in [2.05, 4.69) is 13.8 Å². The van der Waals surface area contributed by atoms with Crippen LogP contribution in [-0.4, -0.2) is 79.0 Å². The van der Waals surface area contributed by atoms with Crippen molar-refractivity contribution >= 4 is 5.78 Å². The van der Waals surface area contributed by atoms with E-state index in [0.717, 1.165) is 13.2 Å². The van der Waals surface area contributed by atoms with Gasteiger partial charge in [-0.25, -0.2) is 0 Å². The van der Waals surface area contributed by atoms with E-state index in [4.69, 9.17) is 29.2 Å². The average molecular weight is 346 g/mol. The SMILES string of the molecule is CC(C)=O.C[C@@H]1CO[C@H]2[C@@H]1OC[C@@H]2C.O[C@@H]1CO[C@H]2[C@@H]1OC[C@@H]2O. The maximum Gasteiger partial charge on any atom is 0.126 e. The number of hydrogen-bond donors (Lipinski definition) is 2. The van der Waals surface area contributed by atoms with Crippen LogP contribution in [0.15, 0.2) is 0 Å². The predicted octanol–water partition coefficient (Wildman–Crippen LogP) is 0.157. The Hall–Kier alpha value is -0.570. The summed E-state index contributed by atoms with van der Waals surface area (Å²) >= 11 is 0. The molecule has 0 amide bonds. The topological polar surface area (TPSA) is 94.5 Å². The van der Waals surface area contributed by atoms with Crippen molar-refractivity contribution in [2.45, 2.75) is 64.3 Å². The van der Waals surface area contributed by atoms with Crippen LogP contribution < -0.4 is 0 Å².